The summed E-state index contributed by atoms with van der Waals surface area (Å²) in [6, 6.07) is 2.95. The van der Waals surface area contributed by atoms with Gasteiger partial charge in [-0.3, -0.25) is 4.79 Å². The zero-order chi connectivity index (χ0) is 13.1. The molecule has 0 aromatic carbocycles. The van der Waals surface area contributed by atoms with Crippen LogP contribution in [0.5, 0.6) is 0 Å². The summed E-state index contributed by atoms with van der Waals surface area (Å²) in [6.07, 6.45) is 1.30. The average Bonchev–Trinajstić information content (AvgIpc) is 2.76. The highest BCUT2D eigenvalue weighted by Gasteiger charge is 2.11. The predicted octanol–water partition coefficient (Wildman–Crippen LogP) is -1.07. The largest absolute Gasteiger partial charge is 0.452 e. The SMILES string of the molecule is CNC(=O)COC(=O)c1ccc2n[nH]c(=O)n2c1. The summed E-state index contributed by atoms with van der Waals surface area (Å²) >= 11 is 0. The first-order valence-electron chi connectivity index (χ1n) is 5.06. The summed E-state index contributed by atoms with van der Waals surface area (Å²) in [6.45, 7) is -0.367. The van der Waals surface area contributed by atoms with Gasteiger partial charge in [0.1, 0.15) is 0 Å². The van der Waals surface area contributed by atoms with Crippen LogP contribution in [0.15, 0.2) is 23.1 Å². The van der Waals surface area contributed by atoms with Gasteiger partial charge in [-0.25, -0.2) is 19.1 Å². The van der Waals surface area contributed by atoms with Gasteiger partial charge in [-0.1, -0.05) is 0 Å². The highest BCUT2D eigenvalue weighted by atomic mass is 16.5. The molecule has 2 aromatic heterocycles. The van der Waals surface area contributed by atoms with Crippen molar-refractivity contribution < 1.29 is 14.3 Å². The van der Waals surface area contributed by atoms with Gasteiger partial charge >= 0.3 is 11.7 Å². The van der Waals surface area contributed by atoms with Gasteiger partial charge in [0, 0.05) is 13.2 Å². The maximum absolute atomic E-state index is 11.6. The van der Waals surface area contributed by atoms with Crippen LogP contribution in [0.1, 0.15) is 10.4 Å². The zero-order valence-electron chi connectivity index (χ0n) is 9.47. The number of carbonyl (C=O) groups excluding carboxylic acids is 2. The minimum atomic E-state index is -0.686. The average molecular weight is 250 g/mol. The van der Waals surface area contributed by atoms with Gasteiger partial charge < -0.3 is 10.1 Å². The van der Waals surface area contributed by atoms with E-state index in [4.69, 9.17) is 4.74 Å². The third kappa shape index (κ3) is 2.21. The van der Waals surface area contributed by atoms with Crippen LogP contribution in [0.3, 0.4) is 0 Å². The molecule has 18 heavy (non-hydrogen) atoms. The second-order valence-corrected chi connectivity index (χ2v) is 3.42. The Morgan fingerprint density at radius 1 is 1.50 bits per heavy atom. The molecule has 0 bridgehead atoms. The fourth-order valence-corrected chi connectivity index (χ4v) is 1.31. The summed E-state index contributed by atoms with van der Waals surface area (Å²) in [5.41, 5.74) is 0.101. The lowest BCUT2D eigenvalue weighted by Crippen LogP contribution is -2.25. The van der Waals surface area contributed by atoms with Crippen LogP contribution in [0, 0.1) is 0 Å². The Morgan fingerprint density at radius 3 is 3.00 bits per heavy atom. The van der Waals surface area contributed by atoms with E-state index < -0.39 is 17.6 Å². The van der Waals surface area contributed by atoms with Crippen molar-refractivity contribution in [3.8, 4) is 0 Å². The molecule has 0 spiro atoms. The molecular formula is C10H10N4O4. The van der Waals surface area contributed by atoms with Gasteiger partial charge in [-0.05, 0) is 12.1 Å². The Bertz CT molecular complexity index is 657. The number of amides is 1. The molecule has 0 unspecified atom stereocenters. The number of nitrogens with one attached hydrogen (secondary N) is 2. The van der Waals surface area contributed by atoms with E-state index in [1.165, 1.54) is 29.8 Å². The van der Waals surface area contributed by atoms with E-state index in [0.29, 0.717) is 5.65 Å². The van der Waals surface area contributed by atoms with Gasteiger partial charge in [-0.15, -0.1) is 0 Å². The van der Waals surface area contributed by atoms with Crippen LogP contribution < -0.4 is 11.0 Å². The molecular weight excluding hydrogens is 240 g/mol. The van der Waals surface area contributed by atoms with Crippen molar-refractivity contribution in [2.45, 2.75) is 0 Å². The number of ether oxygens (including phenoxy) is 1. The molecule has 94 valence electrons. The lowest BCUT2D eigenvalue weighted by Gasteiger charge is -2.03. The number of aromatic amines is 1. The van der Waals surface area contributed by atoms with Crippen LogP contribution in [0.2, 0.25) is 0 Å². The first kappa shape index (κ1) is 11.8. The third-order valence-electron chi connectivity index (χ3n) is 2.26. The molecule has 1 amide bonds. The molecule has 0 saturated heterocycles. The number of carbonyl (C=O) groups is 2. The number of rotatable bonds is 3. The van der Waals surface area contributed by atoms with E-state index in [2.05, 4.69) is 15.5 Å². The lowest BCUT2D eigenvalue weighted by molar-refractivity contribution is -0.123. The van der Waals surface area contributed by atoms with Crippen LogP contribution in [-0.4, -0.2) is 40.1 Å². The molecule has 2 rings (SSSR count). The highest BCUT2D eigenvalue weighted by Crippen LogP contribution is 2.03. The van der Waals surface area contributed by atoms with Crippen molar-refractivity contribution in [3.63, 3.8) is 0 Å². The first-order chi connectivity index (χ1) is 8.61. The van der Waals surface area contributed by atoms with E-state index in [0.717, 1.165) is 0 Å². The zero-order valence-corrected chi connectivity index (χ0v) is 9.47. The van der Waals surface area contributed by atoms with E-state index in [1.54, 1.807) is 0 Å². The summed E-state index contributed by atoms with van der Waals surface area (Å²) < 4.78 is 5.93. The molecule has 0 fully saturated rings. The van der Waals surface area contributed by atoms with Crippen LogP contribution in [0.25, 0.3) is 5.65 Å². The van der Waals surface area contributed by atoms with Crippen molar-refractivity contribution in [2.75, 3.05) is 13.7 Å². The number of likely N-dealkylation sites (N-methyl/N-ethyl adjacent to an activating group) is 1. The number of hydrogen-bond acceptors (Lipinski definition) is 5. The van der Waals surface area contributed by atoms with E-state index in [-0.39, 0.29) is 12.2 Å². The molecule has 2 N–H and O–H groups in total. The minimum absolute atomic E-state index is 0.162. The standard InChI is InChI=1S/C10H10N4O4/c1-11-8(15)5-18-9(16)6-2-3-7-12-13-10(17)14(7)4-6/h2-4H,5H2,1H3,(H,11,15)(H,13,17). The number of fused-ring (bicyclic) bond motifs is 1. The van der Waals surface area contributed by atoms with Crippen molar-refractivity contribution in [1.82, 2.24) is 19.9 Å². The van der Waals surface area contributed by atoms with Crippen LogP contribution in [0.4, 0.5) is 0 Å². The van der Waals surface area contributed by atoms with Crippen LogP contribution >= 0.6 is 0 Å². The van der Waals surface area contributed by atoms with Gasteiger partial charge in [-0.2, -0.15) is 5.10 Å². The molecule has 0 saturated carbocycles. The van der Waals surface area contributed by atoms with Crippen molar-refractivity contribution in [2.24, 2.45) is 0 Å². The number of hydrogen-bond donors (Lipinski definition) is 2. The maximum Gasteiger partial charge on any atom is 0.347 e. The Balaban J connectivity index is 2.20. The Morgan fingerprint density at radius 2 is 2.28 bits per heavy atom. The molecule has 0 atom stereocenters. The smallest absolute Gasteiger partial charge is 0.347 e. The van der Waals surface area contributed by atoms with Gasteiger partial charge in [0.2, 0.25) is 0 Å². The molecule has 0 aliphatic rings. The summed E-state index contributed by atoms with van der Waals surface area (Å²) in [5, 5.41) is 8.28. The first-order valence-corrected chi connectivity index (χ1v) is 5.06. The second kappa shape index (κ2) is 4.70. The fourth-order valence-electron chi connectivity index (χ4n) is 1.31. The number of nitrogens with zero attached hydrogens (tertiary/aromatic N) is 2. The second-order valence-electron chi connectivity index (χ2n) is 3.42. The maximum atomic E-state index is 11.6. The number of H-pyrrole nitrogens is 1. The molecule has 0 aliphatic heterocycles. The molecule has 8 heteroatoms. The normalized spacial score (nSPS) is 10.3. The Labute approximate surface area is 101 Å². The van der Waals surface area contributed by atoms with Gasteiger partial charge in [0.25, 0.3) is 5.91 Å². The van der Waals surface area contributed by atoms with Crippen molar-refractivity contribution in [1.29, 1.82) is 0 Å². The molecule has 8 nitrogen and oxygen atoms in total. The van der Waals surface area contributed by atoms with Crippen molar-refractivity contribution >= 4 is 17.5 Å². The summed E-state index contributed by atoms with van der Waals surface area (Å²) in [4.78, 5) is 33.8. The molecule has 2 aromatic rings. The predicted molar refractivity (Wildman–Crippen MR) is 60.2 cm³/mol. The Hall–Kier alpha value is -2.64. The van der Waals surface area contributed by atoms with E-state index >= 15 is 0 Å². The minimum Gasteiger partial charge on any atom is -0.452 e. The van der Waals surface area contributed by atoms with E-state index in [1.807, 2.05) is 0 Å². The van der Waals surface area contributed by atoms with Gasteiger partial charge in [0.15, 0.2) is 12.3 Å². The van der Waals surface area contributed by atoms with E-state index in [9.17, 15) is 14.4 Å². The lowest BCUT2D eigenvalue weighted by atomic mass is 10.3. The monoisotopic (exact) mass is 250 g/mol. The topological polar surface area (TPSA) is 106 Å². The summed E-state index contributed by atoms with van der Waals surface area (Å²) in [5.74, 6) is -1.10. The third-order valence-corrected chi connectivity index (χ3v) is 2.26. The van der Waals surface area contributed by atoms with Gasteiger partial charge in [0.05, 0.1) is 5.56 Å². The fraction of sp³-hybridized carbons (Fsp3) is 0.200. The summed E-state index contributed by atoms with van der Waals surface area (Å²) in [7, 11) is 1.44. The Kier molecular flexibility index (Phi) is 3.09. The number of aromatic nitrogens is 3. The quantitative estimate of drug-likeness (QED) is 0.674. The molecule has 0 aliphatic carbocycles. The molecule has 2 heterocycles. The number of esters is 1. The van der Waals surface area contributed by atoms with Crippen LogP contribution in [-0.2, 0) is 9.53 Å². The van der Waals surface area contributed by atoms with Crippen molar-refractivity contribution in [3.05, 3.63) is 34.4 Å². The number of pyridine rings is 1. The molecule has 0 radical (unpaired) electrons. The highest BCUT2D eigenvalue weighted by molar-refractivity contribution is 5.91.